The third-order valence-corrected chi connectivity index (χ3v) is 6.49. The van der Waals surface area contributed by atoms with Gasteiger partial charge in [-0.15, -0.1) is 0 Å². The van der Waals surface area contributed by atoms with Gasteiger partial charge >= 0.3 is 0 Å². The summed E-state index contributed by atoms with van der Waals surface area (Å²) in [6.07, 6.45) is 7.51. The highest BCUT2D eigenvalue weighted by molar-refractivity contribution is 6.33. The van der Waals surface area contributed by atoms with E-state index in [0.29, 0.717) is 40.0 Å². The molecule has 7 heteroatoms. The van der Waals surface area contributed by atoms with Crippen molar-refractivity contribution in [2.24, 2.45) is 11.8 Å². The second kappa shape index (κ2) is 8.28. The van der Waals surface area contributed by atoms with Crippen LogP contribution in [0, 0.1) is 17.7 Å². The van der Waals surface area contributed by atoms with Crippen molar-refractivity contribution in [3.8, 4) is 11.1 Å². The molecule has 1 N–H and O–H groups in total. The van der Waals surface area contributed by atoms with E-state index >= 15 is 0 Å². The van der Waals surface area contributed by atoms with Gasteiger partial charge in [-0.2, -0.15) is 0 Å². The topological polar surface area (TPSA) is 53.9 Å². The molecule has 5 rings (SSSR count). The Morgan fingerprint density at radius 2 is 1.80 bits per heavy atom. The number of pyridine rings is 1. The monoisotopic (exact) mass is 423 g/mol. The van der Waals surface area contributed by atoms with Crippen LogP contribution in [0.1, 0.15) is 18.5 Å². The number of anilines is 1. The molecular formula is C23H23ClFN5. The van der Waals surface area contributed by atoms with Crippen molar-refractivity contribution in [2.75, 3.05) is 18.4 Å². The van der Waals surface area contributed by atoms with Crippen molar-refractivity contribution in [3.05, 3.63) is 71.5 Å². The van der Waals surface area contributed by atoms with Gasteiger partial charge in [-0.1, -0.05) is 17.7 Å². The molecule has 3 atom stereocenters. The lowest BCUT2D eigenvalue weighted by Crippen LogP contribution is -2.25. The third kappa shape index (κ3) is 4.16. The Kier molecular flexibility index (Phi) is 5.35. The molecule has 1 saturated heterocycles. The Hall–Kier alpha value is -2.57. The van der Waals surface area contributed by atoms with Crippen molar-refractivity contribution in [1.82, 2.24) is 19.9 Å². The quantitative estimate of drug-likeness (QED) is 0.647. The zero-order valence-corrected chi connectivity index (χ0v) is 17.3. The summed E-state index contributed by atoms with van der Waals surface area (Å²) in [5.41, 5.74) is 2.45. The predicted octanol–water partition coefficient (Wildman–Crippen LogP) is 4.65. The number of nitrogens with zero attached hydrogens (tertiary/aromatic N) is 4. The first kappa shape index (κ1) is 19.4. The number of hydrogen-bond acceptors (Lipinski definition) is 5. The Morgan fingerprint density at radius 3 is 2.50 bits per heavy atom. The molecule has 5 nitrogen and oxygen atoms in total. The largest absolute Gasteiger partial charge is 0.351 e. The van der Waals surface area contributed by atoms with Gasteiger partial charge in [0.25, 0.3) is 0 Å². The Balaban J connectivity index is 1.17. The summed E-state index contributed by atoms with van der Waals surface area (Å²) in [5, 5.41) is 3.96. The molecule has 30 heavy (non-hydrogen) atoms. The van der Waals surface area contributed by atoms with Crippen LogP contribution in [-0.2, 0) is 6.54 Å². The van der Waals surface area contributed by atoms with Crippen LogP contribution in [0.2, 0.25) is 5.02 Å². The number of hydrogen-bond donors (Lipinski definition) is 1. The van der Waals surface area contributed by atoms with Gasteiger partial charge in [0.15, 0.2) is 0 Å². The normalized spacial score (nSPS) is 23.5. The van der Waals surface area contributed by atoms with Crippen LogP contribution in [0.4, 0.5) is 10.3 Å². The van der Waals surface area contributed by atoms with E-state index in [2.05, 4.69) is 31.2 Å². The van der Waals surface area contributed by atoms with E-state index in [1.54, 1.807) is 18.5 Å². The predicted molar refractivity (Wildman–Crippen MR) is 116 cm³/mol. The molecule has 1 aliphatic carbocycles. The van der Waals surface area contributed by atoms with Crippen molar-refractivity contribution in [3.63, 3.8) is 0 Å². The lowest BCUT2D eigenvalue weighted by molar-refractivity contribution is 0.297. The van der Waals surface area contributed by atoms with Gasteiger partial charge in [0, 0.05) is 60.4 Å². The van der Waals surface area contributed by atoms with Crippen LogP contribution in [0.25, 0.3) is 11.1 Å². The second-order valence-corrected chi connectivity index (χ2v) is 8.67. The lowest BCUT2D eigenvalue weighted by atomic mass is 10.0. The van der Waals surface area contributed by atoms with Crippen LogP contribution in [0.3, 0.4) is 0 Å². The molecule has 154 valence electrons. The van der Waals surface area contributed by atoms with Gasteiger partial charge < -0.3 is 5.32 Å². The van der Waals surface area contributed by atoms with Crippen LogP contribution in [0.15, 0.2) is 55.0 Å². The fourth-order valence-electron chi connectivity index (χ4n) is 4.81. The van der Waals surface area contributed by atoms with Crippen LogP contribution >= 0.6 is 11.6 Å². The fourth-order valence-corrected chi connectivity index (χ4v) is 5.03. The van der Waals surface area contributed by atoms with Crippen LogP contribution in [-0.4, -0.2) is 39.0 Å². The molecule has 0 bridgehead atoms. The van der Waals surface area contributed by atoms with E-state index in [1.165, 1.54) is 12.1 Å². The molecule has 1 aromatic carbocycles. The molecule has 2 fully saturated rings. The highest BCUT2D eigenvalue weighted by Gasteiger charge is 2.40. The van der Waals surface area contributed by atoms with Gasteiger partial charge in [-0.3, -0.25) is 9.88 Å². The number of halogens is 2. The van der Waals surface area contributed by atoms with E-state index in [0.717, 1.165) is 38.2 Å². The zero-order chi connectivity index (χ0) is 20.5. The van der Waals surface area contributed by atoms with Gasteiger partial charge in [-0.25, -0.2) is 14.4 Å². The first-order valence-electron chi connectivity index (χ1n) is 10.3. The molecule has 3 aromatic rings. The van der Waals surface area contributed by atoms with Crippen LogP contribution < -0.4 is 5.32 Å². The zero-order valence-electron chi connectivity index (χ0n) is 16.5. The van der Waals surface area contributed by atoms with E-state index < -0.39 is 0 Å². The van der Waals surface area contributed by atoms with E-state index in [1.807, 2.05) is 18.3 Å². The number of aromatic nitrogens is 3. The molecule has 3 heterocycles. The SMILES string of the molecule is Fc1ccc(Cl)c(-c2cnc(N[C@@H]3C[C@@H]4CN(Cc5ccccn5)C[C@@H]4C3)nc2)c1. The lowest BCUT2D eigenvalue weighted by Gasteiger charge is -2.19. The molecule has 0 radical (unpaired) electrons. The summed E-state index contributed by atoms with van der Waals surface area (Å²) >= 11 is 6.18. The van der Waals surface area contributed by atoms with Gasteiger partial charge in [0.2, 0.25) is 5.95 Å². The van der Waals surface area contributed by atoms with E-state index in [4.69, 9.17) is 11.6 Å². The molecule has 0 unspecified atom stereocenters. The standard InChI is InChI=1S/C23H23ClFN5/c24-22-5-4-18(25)9-21(22)17-10-27-23(28-11-17)29-20-7-15-12-30(13-16(15)8-20)14-19-3-1-2-6-26-19/h1-6,9-11,15-16,20H,7-8,12-14H2,(H,27,28,29)/t15-,16+,20-. The van der Waals surface area contributed by atoms with Crippen molar-refractivity contribution in [1.29, 1.82) is 0 Å². The Bertz CT molecular complexity index is 1000. The van der Waals surface area contributed by atoms with Gasteiger partial charge in [0.1, 0.15) is 5.82 Å². The minimum Gasteiger partial charge on any atom is -0.351 e. The minimum absolute atomic E-state index is 0.328. The Labute approximate surface area is 180 Å². The molecule has 2 aromatic heterocycles. The third-order valence-electron chi connectivity index (χ3n) is 6.16. The molecule has 0 amide bonds. The second-order valence-electron chi connectivity index (χ2n) is 8.27. The van der Waals surface area contributed by atoms with Gasteiger partial charge in [-0.05, 0) is 55.0 Å². The molecule has 1 aliphatic heterocycles. The number of nitrogens with one attached hydrogen (secondary N) is 1. The summed E-state index contributed by atoms with van der Waals surface area (Å²) in [6.45, 7) is 3.17. The number of fused-ring (bicyclic) bond motifs is 1. The average Bonchev–Trinajstić information content (AvgIpc) is 3.29. The Morgan fingerprint density at radius 1 is 1.03 bits per heavy atom. The first-order chi connectivity index (χ1) is 14.6. The van der Waals surface area contributed by atoms with Crippen molar-refractivity contribution >= 4 is 17.5 Å². The van der Waals surface area contributed by atoms with Crippen molar-refractivity contribution in [2.45, 2.75) is 25.4 Å². The fraction of sp³-hybridized carbons (Fsp3) is 0.348. The smallest absolute Gasteiger partial charge is 0.222 e. The summed E-state index contributed by atoms with van der Waals surface area (Å²) < 4.78 is 13.5. The maximum atomic E-state index is 13.5. The minimum atomic E-state index is -0.328. The summed E-state index contributed by atoms with van der Waals surface area (Å²) in [5.74, 6) is 1.70. The highest BCUT2D eigenvalue weighted by atomic mass is 35.5. The molecular weight excluding hydrogens is 401 g/mol. The summed E-state index contributed by atoms with van der Waals surface area (Å²) in [6, 6.07) is 10.8. The maximum absolute atomic E-state index is 13.5. The summed E-state index contributed by atoms with van der Waals surface area (Å²) in [4.78, 5) is 15.8. The molecule has 2 aliphatic rings. The average molecular weight is 424 g/mol. The number of likely N-dealkylation sites (tertiary alicyclic amines) is 1. The summed E-state index contributed by atoms with van der Waals surface area (Å²) in [7, 11) is 0. The highest BCUT2D eigenvalue weighted by Crippen LogP contribution is 2.39. The number of rotatable bonds is 5. The van der Waals surface area contributed by atoms with Crippen molar-refractivity contribution < 1.29 is 4.39 Å². The van der Waals surface area contributed by atoms with E-state index in [-0.39, 0.29) is 5.82 Å². The number of benzene rings is 1. The molecule has 0 spiro atoms. The van der Waals surface area contributed by atoms with E-state index in [9.17, 15) is 4.39 Å². The maximum Gasteiger partial charge on any atom is 0.222 e. The van der Waals surface area contributed by atoms with Gasteiger partial charge in [0.05, 0.1) is 5.69 Å². The molecule has 1 saturated carbocycles. The first-order valence-corrected chi connectivity index (χ1v) is 10.7. The van der Waals surface area contributed by atoms with Crippen LogP contribution in [0.5, 0.6) is 0 Å².